The first-order chi connectivity index (χ1) is 12.4. The SMILES string of the molecule is COc1ccc(C(=O)NCCS(=O)(=O)NCc2ccccn2)cc1OC. The van der Waals surface area contributed by atoms with E-state index in [1.807, 2.05) is 0 Å². The fourth-order valence-electron chi connectivity index (χ4n) is 2.14. The molecule has 26 heavy (non-hydrogen) atoms. The van der Waals surface area contributed by atoms with Gasteiger partial charge in [-0.05, 0) is 30.3 Å². The van der Waals surface area contributed by atoms with Crippen molar-refractivity contribution < 1.29 is 22.7 Å². The second-order valence-electron chi connectivity index (χ2n) is 5.29. The van der Waals surface area contributed by atoms with Crippen LogP contribution in [-0.2, 0) is 16.6 Å². The van der Waals surface area contributed by atoms with Crippen LogP contribution in [0.2, 0.25) is 0 Å². The number of pyridine rings is 1. The van der Waals surface area contributed by atoms with Crippen molar-refractivity contribution in [3.63, 3.8) is 0 Å². The number of nitrogens with one attached hydrogen (secondary N) is 2. The Morgan fingerprint density at radius 3 is 2.54 bits per heavy atom. The van der Waals surface area contributed by atoms with Crippen molar-refractivity contribution in [2.24, 2.45) is 0 Å². The van der Waals surface area contributed by atoms with E-state index in [0.717, 1.165) is 0 Å². The Bertz CT molecular complexity index is 841. The van der Waals surface area contributed by atoms with Crippen molar-refractivity contribution in [3.8, 4) is 11.5 Å². The largest absolute Gasteiger partial charge is 0.493 e. The summed E-state index contributed by atoms with van der Waals surface area (Å²) < 4.78 is 36.7. The summed E-state index contributed by atoms with van der Waals surface area (Å²) in [6.45, 7) is 0.0809. The van der Waals surface area contributed by atoms with E-state index in [1.54, 1.807) is 36.5 Å². The van der Waals surface area contributed by atoms with Gasteiger partial charge >= 0.3 is 0 Å². The van der Waals surface area contributed by atoms with E-state index in [4.69, 9.17) is 9.47 Å². The Labute approximate surface area is 152 Å². The molecule has 0 aliphatic rings. The third-order valence-electron chi connectivity index (χ3n) is 3.50. The molecule has 8 nitrogen and oxygen atoms in total. The quantitative estimate of drug-likeness (QED) is 0.672. The maximum atomic E-state index is 12.1. The zero-order valence-electron chi connectivity index (χ0n) is 14.6. The van der Waals surface area contributed by atoms with Crippen LogP contribution >= 0.6 is 0 Å². The van der Waals surface area contributed by atoms with Gasteiger partial charge in [-0.1, -0.05) is 6.07 Å². The molecule has 2 aromatic rings. The molecule has 1 amide bonds. The van der Waals surface area contributed by atoms with Crippen molar-refractivity contribution in [2.75, 3.05) is 26.5 Å². The van der Waals surface area contributed by atoms with Gasteiger partial charge in [0.15, 0.2) is 11.5 Å². The lowest BCUT2D eigenvalue weighted by molar-refractivity contribution is 0.0955. The van der Waals surface area contributed by atoms with Gasteiger partial charge in [-0.25, -0.2) is 13.1 Å². The Balaban J connectivity index is 1.85. The van der Waals surface area contributed by atoms with E-state index in [1.165, 1.54) is 20.3 Å². The summed E-state index contributed by atoms with van der Waals surface area (Å²) in [5, 5.41) is 2.57. The van der Waals surface area contributed by atoms with Crippen LogP contribution in [0.3, 0.4) is 0 Å². The Morgan fingerprint density at radius 2 is 1.88 bits per heavy atom. The highest BCUT2D eigenvalue weighted by Crippen LogP contribution is 2.27. The predicted octanol–water partition coefficient (Wildman–Crippen LogP) is 0.948. The Morgan fingerprint density at radius 1 is 1.12 bits per heavy atom. The lowest BCUT2D eigenvalue weighted by atomic mass is 10.2. The van der Waals surface area contributed by atoms with Gasteiger partial charge < -0.3 is 14.8 Å². The first-order valence-electron chi connectivity index (χ1n) is 7.82. The number of carbonyl (C=O) groups excluding carboxylic acids is 1. The van der Waals surface area contributed by atoms with Crippen LogP contribution < -0.4 is 19.5 Å². The molecule has 0 aliphatic heterocycles. The summed E-state index contributed by atoms with van der Waals surface area (Å²) in [4.78, 5) is 16.2. The number of ether oxygens (including phenoxy) is 2. The minimum Gasteiger partial charge on any atom is -0.493 e. The summed E-state index contributed by atoms with van der Waals surface area (Å²) in [5.74, 6) is 0.291. The van der Waals surface area contributed by atoms with E-state index >= 15 is 0 Å². The summed E-state index contributed by atoms with van der Waals surface area (Å²) in [6.07, 6.45) is 1.59. The molecule has 1 heterocycles. The average molecular weight is 379 g/mol. The van der Waals surface area contributed by atoms with E-state index in [9.17, 15) is 13.2 Å². The fraction of sp³-hybridized carbons (Fsp3) is 0.294. The van der Waals surface area contributed by atoms with E-state index in [0.29, 0.717) is 22.8 Å². The van der Waals surface area contributed by atoms with Crippen LogP contribution in [0.4, 0.5) is 0 Å². The Hall–Kier alpha value is -2.65. The number of methoxy groups -OCH3 is 2. The standard InChI is InChI=1S/C17H21N3O5S/c1-24-15-7-6-13(11-16(15)25-2)17(21)19-9-10-26(22,23)20-12-14-5-3-4-8-18-14/h3-8,11,20H,9-10,12H2,1-2H3,(H,19,21). The Kier molecular flexibility index (Phi) is 6.93. The average Bonchev–Trinajstić information content (AvgIpc) is 2.66. The number of hydrogen-bond donors (Lipinski definition) is 2. The van der Waals surface area contributed by atoms with Crippen molar-refractivity contribution in [3.05, 3.63) is 53.9 Å². The van der Waals surface area contributed by atoms with Crippen LogP contribution in [0.15, 0.2) is 42.6 Å². The van der Waals surface area contributed by atoms with Crippen molar-refractivity contribution in [1.82, 2.24) is 15.0 Å². The molecule has 1 aromatic carbocycles. The number of benzene rings is 1. The number of nitrogens with zero attached hydrogens (tertiary/aromatic N) is 1. The number of sulfonamides is 1. The summed E-state index contributed by atoms with van der Waals surface area (Å²) >= 11 is 0. The van der Waals surface area contributed by atoms with Gasteiger partial charge in [0, 0.05) is 18.3 Å². The molecule has 0 atom stereocenters. The summed E-state index contributed by atoms with van der Waals surface area (Å²) in [5.41, 5.74) is 0.965. The van der Waals surface area contributed by atoms with Crippen molar-refractivity contribution >= 4 is 15.9 Å². The number of rotatable bonds is 9. The van der Waals surface area contributed by atoms with E-state index in [2.05, 4.69) is 15.0 Å². The van der Waals surface area contributed by atoms with Gasteiger partial charge in [0.05, 0.1) is 32.2 Å². The topological polar surface area (TPSA) is 107 Å². The number of aromatic nitrogens is 1. The van der Waals surface area contributed by atoms with Gasteiger partial charge in [0.2, 0.25) is 10.0 Å². The first-order valence-corrected chi connectivity index (χ1v) is 9.48. The molecule has 140 valence electrons. The van der Waals surface area contributed by atoms with Crippen LogP contribution in [0, 0.1) is 0 Å². The smallest absolute Gasteiger partial charge is 0.251 e. The van der Waals surface area contributed by atoms with Gasteiger partial charge in [-0.15, -0.1) is 0 Å². The zero-order chi connectivity index (χ0) is 19.0. The van der Waals surface area contributed by atoms with Crippen molar-refractivity contribution in [1.29, 1.82) is 0 Å². The molecule has 0 saturated carbocycles. The monoisotopic (exact) mass is 379 g/mol. The minimum atomic E-state index is -3.53. The number of amides is 1. The number of carbonyl (C=O) groups is 1. The van der Waals surface area contributed by atoms with Gasteiger partial charge in [0.25, 0.3) is 5.91 Å². The highest BCUT2D eigenvalue weighted by atomic mass is 32.2. The predicted molar refractivity (Wildman–Crippen MR) is 96.7 cm³/mol. The normalized spacial score (nSPS) is 11.0. The zero-order valence-corrected chi connectivity index (χ0v) is 15.4. The molecule has 0 spiro atoms. The maximum Gasteiger partial charge on any atom is 0.251 e. The third-order valence-corrected chi connectivity index (χ3v) is 4.83. The molecule has 0 radical (unpaired) electrons. The van der Waals surface area contributed by atoms with E-state index < -0.39 is 15.9 Å². The van der Waals surface area contributed by atoms with Crippen LogP contribution in [0.5, 0.6) is 11.5 Å². The summed E-state index contributed by atoms with van der Waals surface area (Å²) in [7, 11) is -0.559. The maximum absolute atomic E-state index is 12.1. The van der Waals surface area contributed by atoms with Gasteiger partial charge in [0.1, 0.15) is 0 Å². The molecule has 0 bridgehead atoms. The van der Waals surface area contributed by atoms with Crippen LogP contribution in [0.25, 0.3) is 0 Å². The van der Waals surface area contributed by atoms with Crippen molar-refractivity contribution in [2.45, 2.75) is 6.54 Å². The van der Waals surface area contributed by atoms with E-state index in [-0.39, 0.29) is 18.8 Å². The molecular weight excluding hydrogens is 358 g/mol. The second kappa shape index (κ2) is 9.16. The highest BCUT2D eigenvalue weighted by molar-refractivity contribution is 7.89. The number of hydrogen-bond acceptors (Lipinski definition) is 6. The van der Waals surface area contributed by atoms with Gasteiger partial charge in [-0.3, -0.25) is 9.78 Å². The molecule has 1 aromatic heterocycles. The third kappa shape index (κ3) is 5.71. The first kappa shape index (κ1) is 19.7. The molecule has 2 rings (SSSR count). The fourth-order valence-corrected chi connectivity index (χ4v) is 3.02. The van der Waals surface area contributed by atoms with Gasteiger partial charge in [-0.2, -0.15) is 0 Å². The summed E-state index contributed by atoms with van der Waals surface area (Å²) in [6, 6.07) is 9.97. The lowest BCUT2D eigenvalue weighted by Gasteiger charge is -2.10. The molecule has 2 N–H and O–H groups in total. The van der Waals surface area contributed by atoms with Crippen LogP contribution in [-0.4, -0.2) is 45.8 Å². The second-order valence-corrected chi connectivity index (χ2v) is 7.21. The molecule has 0 aliphatic carbocycles. The van der Waals surface area contributed by atoms with Crippen LogP contribution in [0.1, 0.15) is 16.1 Å². The molecule has 0 saturated heterocycles. The lowest BCUT2D eigenvalue weighted by Crippen LogP contribution is -2.34. The highest BCUT2D eigenvalue weighted by Gasteiger charge is 2.13. The molecule has 9 heteroatoms. The molecule has 0 fully saturated rings. The molecular formula is C17H21N3O5S. The minimum absolute atomic E-state index is 0.0231. The molecule has 0 unspecified atom stereocenters.